The molecule has 1 aromatic heterocycles. The molecule has 2 heterocycles. The number of nitrogens with zero attached hydrogens (tertiary/aromatic N) is 4. The van der Waals surface area contributed by atoms with E-state index in [0.717, 1.165) is 32.0 Å². The molecule has 1 fully saturated rings. The average Bonchev–Trinajstić information content (AvgIpc) is 2.84. The Kier molecular flexibility index (Phi) is 4.39. The predicted molar refractivity (Wildman–Crippen MR) is 76.1 cm³/mol. The molecule has 0 unspecified atom stereocenters. The number of aromatic amines is 1. The Morgan fingerprint density at radius 2 is 2.05 bits per heavy atom. The molecule has 7 heteroatoms. The van der Waals surface area contributed by atoms with Crippen LogP contribution in [-0.2, 0) is 11.3 Å². The zero-order chi connectivity index (χ0) is 14.8. The van der Waals surface area contributed by atoms with Gasteiger partial charge in [-0.05, 0) is 20.8 Å². The van der Waals surface area contributed by atoms with Gasteiger partial charge in [-0.2, -0.15) is 5.10 Å². The van der Waals surface area contributed by atoms with Crippen LogP contribution in [0.5, 0.6) is 0 Å². The van der Waals surface area contributed by atoms with E-state index in [4.69, 9.17) is 0 Å². The minimum atomic E-state index is -0.498. The van der Waals surface area contributed by atoms with E-state index in [-0.39, 0.29) is 5.91 Å². The van der Waals surface area contributed by atoms with Crippen LogP contribution in [0.15, 0.2) is 0 Å². The average molecular weight is 280 g/mol. The second-order valence-electron chi connectivity index (χ2n) is 5.79. The molecule has 1 amide bonds. The fourth-order valence-electron chi connectivity index (χ4n) is 2.57. The van der Waals surface area contributed by atoms with Gasteiger partial charge in [-0.1, -0.05) is 0 Å². The molecule has 1 aromatic rings. The number of carbonyl (C=O) groups excluding carboxylic acids is 1. The van der Waals surface area contributed by atoms with Gasteiger partial charge in [0, 0.05) is 33.2 Å². The van der Waals surface area contributed by atoms with Crippen molar-refractivity contribution >= 4 is 5.91 Å². The molecule has 0 aliphatic carbocycles. The van der Waals surface area contributed by atoms with Gasteiger partial charge in [-0.25, -0.2) is 4.98 Å². The maximum Gasteiger partial charge on any atom is 0.242 e. The Bertz CT molecular complexity index is 463. The number of amides is 1. The molecule has 0 spiro atoms. The van der Waals surface area contributed by atoms with Crippen molar-refractivity contribution in [3.63, 3.8) is 0 Å². The van der Waals surface area contributed by atoms with E-state index >= 15 is 0 Å². The maximum absolute atomic E-state index is 12.7. The fourth-order valence-corrected chi connectivity index (χ4v) is 2.57. The van der Waals surface area contributed by atoms with Crippen LogP contribution in [0.2, 0.25) is 0 Å². The Hall–Kier alpha value is -1.47. The largest absolute Gasteiger partial charge is 0.337 e. The van der Waals surface area contributed by atoms with Crippen LogP contribution in [0, 0.1) is 6.92 Å². The van der Waals surface area contributed by atoms with Gasteiger partial charge in [0.2, 0.25) is 5.91 Å². The molecule has 2 rings (SSSR count). The number of H-pyrrole nitrogens is 1. The molecular weight excluding hydrogens is 256 g/mol. The van der Waals surface area contributed by atoms with Crippen molar-refractivity contribution in [3.05, 3.63) is 11.6 Å². The van der Waals surface area contributed by atoms with E-state index in [1.807, 2.05) is 20.8 Å². The Morgan fingerprint density at radius 1 is 1.40 bits per heavy atom. The Balaban J connectivity index is 2.00. The molecule has 7 nitrogen and oxygen atoms in total. The monoisotopic (exact) mass is 280 g/mol. The van der Waals surface area contributed by atoms with Crippen LogP contribution in [0.25, 0.3) is 0 Å². The molecule has 2 N–H and O–H groups in total. The number of nitrogens with one attached hydrogen (secondary N) is 2. The highest BCUT2D eigenvalue weighted by atomic mass is 16.2. The first-order chi connectivity index (χ1) is 9.41. The Morgan fingerprint density at radius 3 is 2.60 bits per heavy atom. The zero-order valence-electron chi connectivity index (χ0n) is 12.7. The van der Waals surface area contributed by atoms with Crippen molar-refractivity contribution in [1.82, 2.24) is 30.3 Å². The number of aryl methyl sites for hydroxylation is 1. The molecule has 1 saturated heterocycles. The first-order valence-corrected chi connectivity index (χ1v) is 7.00. The van der Waals surface area contributed by atoms with Gasteiger partial charge in [0.05, 0.1) is 12.1 Å². The molecule has 112 valence electrons. The van der Waals surface area contributed by atoms with Crippen molar-refractivity contribution < 1.29 is 4.79 Å². The summed E-state index contributed by atoms with van der Waals surface area (Å²) >= 11 is 0. The first-order valence-electron chi connectivity index (χ1n) is 7.00. The van der Waals surface area contributed by atoms with Crippen LogP contribution >= 0.6 is 0 Å². The van der Waals surface area contributed by atoms with Gasteiger partial charge in [-0.3, -0.25) is 14.8 Å². The number of piperazine rings is 1. The van der Waals surface area contributed by atoms with E-state index in [9.17, 15) is 4.79 Å². The fraction of sp³-hybridized carbons (Fsp3) is 0.769. The van der Waals surface area contributed by atoms with E-state index in [1.165, 1.54) is 0 Å². The normalized spacial score (nSPS) is 17.2. The topological polar surface area (TPSA) is 77.2 Å². The lowest BCUT2D eigenvalue weighted by Gasteiger charge is -2.41. The Labute approximate surface area is 119 Å². The van der Waals surface area contributed by atoms with Crippen molar-refractivity contribution in [2.45, 2.75) is 32.9 Å². The number of hydrogen-bond donors (Lipinski definition) is 2. The molecule has 0 bridgehead atoms. The lowest BCUT2D eigenvalue weighted by atomic mass is 9.99. The third-order valence-corrected chi connectivity index (χ3v) is 3.80. The summed E-state index contributed by atoms with van der Waals surface area (Å²) in [5.74, 6) is 1.51. The van der Waals surface area contributed by atoms with Crippen molar-refractivity contribution in [1.29, 1.82) is 0 Å². The number of aromatic nitrogens is 3. The highest BCUT2D eigenvalue weighted by molar-refractivity contribution is 5.85. The second-order valence-corrected chi connectivity index (χ2v) is 5.79. The number of rotatable bonds is 4. The van der Waals surface area contributed by atoms with Crippen LogP contribution in [0.1, 0.15) is 25.5 Å². The van der Waals surface area contributed by atoms with E-state index in [1.54, 1.807) is 11.9 Å². The van der Waals surface area contributed by atoms with Crippen LogP contribution in [-0.4, -0.2) is 69.7 Å². The lowest BCUT2D eigenvalue weighted by molar-refractivity contribution is -0.142. The summed E-state index contributed by atoms with van der Waals surface area (Å²) in [4.78, 5) is 20.8. The van der Waals surface area contributed by atoms with E-state index < -0.39 is 5.54 Å². The number of hydrogen-bond acceptors (Lipinski definition) is 5. The van der Waals surface area contributed by atoms with Crippen molar-refractivity contribution in [2.24, 2.45) is 0 Å². The summed E-state index contributed by atoms with van der Waals surface area (Å²) < 4.78 is 0. The molecule has 0 saturated carbocycles. The van der Waals surface area contributed by atoms with Crippen LogP contribution in [0.4, 0.5) is 0 Å². The number of carbonyl (C=O) groups is 1. The van der Waals surface area contributed by atoms with Gasteiger partial charge < -0.3 is 10.2 Å². The number of likely N-dealkylation sites (N-methyl/N-ethyl adjacent to an activating group) is 1. The summed E-state index contributed by atoms with van der Waals surface area (Å²) in [6, 6.07) is 0. The summed E-state index contributed by atoms with van der Waals surface area (Å²) in [7, 11) is 1.80. The third-order valence-electron chi connectivity index (χ3n) is 3.80. The van der Waals surface area contributed by atoms with E-state index in [0.29, 0.717) is 12.4 Å². The van der Waals surface area contributed by atoms with E-state index in [2.05, 4.69) is 25.4 Å². The minimum absolute atomic E-state index is 0.0989. The summed E-state index contributed by atoms with van der Waals surface area (Å²) in [5.41, 5.74) is -0.498. The molecule has 0 radical (unpaired) electrons. The molecular formula is C13H24N6O. The molecule has 0 atom stereocenters. The second kappa shape index (κ2) is 5.88. The predicted octanol–water partition coefficient (Wildman–Crippen LogP) is -0.245. The lowest BCUT2D eigenvalue weighted by Crippen LogP contribution is -2.60. The highest BCUT2D eigenvalue weighted by Crippen LogP contribution is 2.18. The molecule has 20 heavy (non-hydrogen) atoms. The highest BCUT2D eigenvalue weighted by Gasteiger charge is 2.37. The first kappa shape index (κ1) is 14.9. The minimum Gasteiger partial charge on any atom is -0.337 e. The van der Waals surface area contributed by atoms with Crippen LogP contribution in [0.3, 0.4) is 0 Å². The van der Waals surface area contributed by atoms with Crippen LogP contribution < -0.4 is 5.32 Å². The standard InChI is InChI=1S/C13H24N6O/c1-10-15-11(17-16-10)9-18(4)12(20)13(2,3)19-7-5-14-6-8-19/h14H,5-9H2,1-4H3,(H,15,16,17). The van der Waals surface area contributed by atoms with Gasteiger partial charge in [-0.15, -0.1) is 0 Å². The van der Waals surface area contributed by atoms with Gasteiger partial charge in [0.25, 0.3) is 0 Å². The zero-order valence-corrected chi connectivity index (χ0v) is 12.7. The van der Waals surface area contributed by atoms with Gasteiger partial charge in [0.1, 0.15) is 5.82 Å². The molecule has 1 aliphatic heterocycles. The van der Waals surface area contributed by atoms with Gasteiger partial charge in [0.15, 0.2) is 5.82 Å². The van der Waals surface area contributed by atoms with Crippen molar-refractivity contribution in [3.8, 4) is 0 Å². The summed E-state index contributed by atoms with van der Waals surface area (Å²) in [6.45, 7) is 9.90. The van der Waals surface area contributed by atoms with Crippen molar-refractivity contribution in [2.75, 3.05) is 33.2 Å². The summed E-state index contributed by atoms with van der Waals surface area (Å²) in [5, 5.41) is 10.2. The van der Waals surface area contributed by atoms with Gasteiger partial charge >= 0.3 is 0 Å². The summed E-state index contributed by atoms with van der Waals surface area (Å²) in [6.07, 6.45) is 0. The smallest absolute Gasteiger partial charge is 0.242 e. The SMILES string of the molecule is Cc1nc(CN(C)C(=O)C(C)(C)N2CCNCC2)n[nH]1. The third kappa shape index (κ3) is 3.16. The molecule has 0 aromatic carbocycles. The maximum atomic E-state index is 12.7. The quantitative estimate of drug-likeness (QED) is 0.796. The molecule has 1 aliphatic rings.